The van der Waals surface area contributed by atoms with Crippen LogP contribution in [-0.2, 0) is 9.63 Å². The summed E-state index contributed by atoms with van der Waals surface area (Å²) >= 11 is 0. The molecule has 0 aliphatic heterocycles. The van der Waals surface area contributed by atoms with Crippen LogP contribution in [0.1, 0.15) is 0 Å². The molecule has 0 aromatic carbocycles. The van der Waals surface area contributed by atoms with Crippen LogP contribution < -0.4 is 11.2 Å². The molecular weight excluding hydrogens is 140 g/mol. The van der Waals surface area contributed by atoms with Gasteiger partial charge < -0.3 is 9.94 Å². The Morgan fingerprint density at radius 2 is 2.30 bits per heavy atom. The molecule has 2 radical (unpaired) electrons. The highest BCUT2D eigenvalue weighted by Crippen LogP contribution is 1.78. The Hall–Kier alpha value is -1.30. The first-order valence-electron chi connectivity index (χ1n) is 2.31. The number of carbonyl (C=O) groups excluding carboxylic acids is 1. The number of amides is 1. The maximum atomic E-state index is 10.1. The van der Waals surface area contributed by atoms with Gasteiger partial charge in [0.1, 0.15) is 0 Å². The fourth-order valence-electron chi connectivity index (χ4n) is 0.246. The molecule has 0 fully saturated rings. The van der Waals surface area contributed by atoms with Gasteiger partial charge in [-0.2, -0.15) is 5.90 Å². The van der Waals surface area contributed by atoms with E-state index in [9.17, 15) is 9.59 Å². The third-order valence-electron chi connectivity index (χ3n) is 0.601. The summed E-state index contributed by atoms with van der Waals surface area (Å²) in [4.78, 5) is 23.5. The normalized spacial score (nSPS) is 8.50. The van der Waals surface area contributed by atoms with Crippen LogP contribution in [0.5, 0.6) is 0 Å². The van der Waals surface area contributed by atoms with Crippen LogP contribution in [0, 0.1) is 6.42 Å². The predicted molar refractivity (Wildman–Crippen MR) is 29.6 cm³/mol. The molecule has 6 nitrogen and oxygen atoms in total. The summed E-state index contributed by atoms with van der Waals surface area (Å²) < 4.78 is 0. The summed E-state index contributed by atoms with van der Waals surface area (Å²) in [7, 11) is 0. The SMILES string of the molecule is NOC(=O)[CH]C[N]C(=O)O. The molecule has 0 saturated carbocycles. The van der Waals surface area contributed by atoms with Crippen molar-refractivity contribution >= 4 is 12.1 Å². The molecule has 6 heteroatoms. The number of nitrogens with zero attached hydrogens (tertiary/aromatic N) is 1. The Morgan fingerprint density at radius 3 is 2.70 bits per heavy atom. The summed E-state index contributed by atoms with van der Waals surface area (Å²) in [5.41, 5.74) is 0. The summed E-state index contributed by atoms with van der Waals surface area (Å²) in [5, 5.41) is 10.8. The number of nitrogens with two attached hydrogens (primary N) is 1. The second-order valence-electron chi connectivity index (χ2n) is 1.26. The number of carbonyl (C=O) groups is 2. The van der Waals surface area contributed by atoms with Crippen molar-refractivity contribution in [2.24, 2.45) is 5.90 Å². The van der Waals surface area contributed by atoms with Crippen LogP contribution in [0.4, 0.5) is 4.79 Å². The van der Waals surface area contributed by atoms with Gasteiger partial charge in [0.15, 0.2) is 0 Å². The average Bonchev–Trinajstić information content (AvgIpc) is 1.87. The van der Waals surface area contributed by atoms with Crippen LogP contribution >= 0.6 is 0 Å². The Bertz CT molecular complexity index is 135. The minimum Gasteiger partial charge on any atom is -0.464 e. The number of hydrogen-bond donors (Lipinski definition) is 2. The third-order valence-corrected chi connectivity index (χ3v) is 0.601. The smallest absolute Gasteiger partial charge is 0.426 e. The van der Waals surface area contributed by atoms with Crippen LogP contribution in [0.2, 0.25) is 0 Å². The highest BCUT2D eigenvalue weighted by Gasteiger charge is 2.03. The molecule has 0 heterocycles. The Labute approximate surface area is 56.9 Å². The largest absolute Gasteiger partial charge is 0.464 e. The van der Waals surface area contributed by atoms with Crippen molar-refractivity contribution in [3.63, 3.8) is 0 Å². The lowest BCUT2D eigenvalue weighted by atomic mass is 10.4. The molecule has 0 aliphatic rings. The van der Waals surface area contributed by atoms with Gasteiger partial charge in [-0.1, -0.05) is 0 Å². The van der Waals surface area contributed by atoms with Crippen molar-refractivity contribution in [1.82, 2.24) is 5.32 Å². The Kier molecular flexibility index (Phi) is 3.97. The molecule has 0 spiro atoms. The molecule has 0 saturated heterocycles. The van der Waals surface area contributed by atoms with Crippen molar-refractivity contribution in [2.75, 3.05) is 6.54 Å². The lowest BCUT2D eigenvalue weighted by Crippen LogP contribution is -2.20. The number of rotatable bonds is 3. The fourth-order valence-corrected chi connectivity index (χ4v) is 0.246. The monoisotopic (exact) mass is 146 g/mol. The fraction of sp³-hybridized carbons (Fsp3) is 0.250. The van der Waals surface area contributed by atoms with Gasteiger partial charge >= 0.3 is 12.1 Å². The van der Waals surface area contributed by atoms with Gasteiger partial charge in [-0.3, -0.25) is 0 Å². The van der Waals surface area contributed by atoms with Gasteiger partial charge in [-0.05, 0) is 0 Å². The molecule has 56 valence electrons. The molecule has 0 bridgehead atoms. The van der Waals surface area contributed by atoms with E-state index in [1.54, 1.807) is 0 Å². The number of hydrogen-bond acceptors (Lipinski definition) is 4. The van der Waals surface area contributed by atoms with Crippen LogP contribution in [0.3, 0.4) is 0 Å². The van der Waals surface area contributed by atoms with Crippen molar-refractivity contribution in [1.29, 1.82) is 0 Å². The molecule has 0 unspecified atom stereocenters. The second-order valence-corrected chi connectivity index (χ2v) is 1.26. The van der Waals surface area contributed by atoms with Gasteiger partial charge in [-0.25, -0.2) is 14.9 Å². The van der Waals surface area contributed by atoms with Crippen LogP contribution in [0.25, 0.3) is 0 Å². The zero-order chi connectivity index (χ0) is 7.98. The highest BCUT2D eigenvalue weighted by atomic mass is 16.7. The van der Waals surface area contributed by atoms with E-state index in [0.717, 1.165) is 6.42 Å². The maximum Gasteiger partial charge on any atom is 0.426 e. The van der Waals surface area contributed by atoms with E-state index in [1.165, 1.54) is 0 Å². The average molecular weight is 146 g/mol. The van der Waals surface area contributed by atoms with E-state index in [2.05, 4.69) is 16.1 Å². The summed E-state index contributed by atoms with van der Waals surface area (Å²) in [6.45, 7) is -0.231. The van der Waals surface area contributed by atoms with Crippen molar-refractivity contribution < 1.29 is 19.5 Å². The first kappa shape index (κ1) is 8.70. The molecule has 10 heavy (non-hydrogen) atoms. The summed E-state index contributed by atoms with van der Waals surface area (Å²) in [6.07, 6.45) is -0.422. The van der Waals surface area contributed by atoms with Crippen LogP contribution in [-0.4, -0.2) is 23.7 Å². The zero-order valence-electron chi connectivity index (χ0n) is 4.98. The molecule has 0 aromatic rings. The first-order valence-corrected chi connectivity index (χ1v) is 2.31. The topological polar surface area (TPSA) is 104 Å². The van der Waals surface area contributed by atoms with Crippen molar-refractivity contribution in [3.8, 4) is 0 Å². The minimum absolute atomic E-state index is 0.231. The molecular formula is C4H6N2O4. The zero-order valence-corrected chi connectivity index (χ0v) is 4.98. The Balaban J connectivity index is 3.20. The van der Waals surface area contributed by atoms with E-state index in [-0.39, 0.29) is 6.54 Å². The van der Waals surface area contributed by atoms with Gasteiger partial charge in [0, 0.05) is 0 Å². The quantitative estimate of drug-likeness (QED) is 0.491. The van der Waals surface area contributed by atoms with Gasteiger partial charge in [0.2, 0.25) is 0 Å². The molecule has 0 aliphatic carbocycles. The minimum atomic E-state index is -1.33. The lowest BCUT2D eigenvalue weighted by molar-refractivity contribution is -0.140. The standard InChI is InChI=1S/C4H6N2O4/c5-10-3(7)1-2-6-4(8)9/h1H,2,5H2,(H,8,9). The molecule has 0 atom stereocenters. The molecule has 3 N–H and O–H groups in total. The van der Waals surface area contributed by atoms with E-state index < -0.39 is 12.1 Å². The third kappa shape index (κ3) is 4.85. The molecule has 0 rings (SSSR count). The Morgan fingerprint density at radius 1 is 1.70 bits per heavy atom. The summed E-state index contributed by atoms with van der Waals surface area (Å²) in [5.74, 6) is 3.62. The van der Waals surface area contributed by atoms with Crippen molar-refractivity contribution in [3.05, 3.63) is 6.42 Å². The van der Waals surface area contributed by atoms with Crippen LogP contribution in [0.15, 0.2) is 0 Å². The van der Waals surface area contributed by atoms with Gasteiger partial charge in [-0.15, -0.1) is 0 Å². The number of carboxylic acid groups (broad SMARTS) is 1. The molecule has 0 aromatic heterocycles. The van der Waals surface area contributed by atoms with E-state index >= 15 is 0 Å². The van der Waals surface area contributed by atoms with Gasteiger partial charge in [0.05, 0.1) is 13.0 Å². The first-order chi connectivity index (χ1) is 4.66. The molecule has 1 amide bonds. The van der Waals surface area contributed by atoms with E-state index in [0.29, 0.717) is 0 Å². The van der Waals surface area contributed by atoms with E-state index in [4.69, 9.17) is 5.11 Å². The maximum absolute atomic E-state index is 10.1. The predicted octanol–water partition coefficient (Wildman–Crippen LogP) is -1.11. The van der Waals surface area contributed by atoms with Crippen molar-refractivity contribution in [2.45, 2.75) is 0 Å². The highest BCUT2D eigenvalue weighted by molar-refractivity contribution is 5.79. The van der Waals surface area contributed by atoms with E-state index in [1.807, 2.05) is 0 Å². The summed E-state index contributed by atoms with van der Waals surface area (Å²) in [6, 6.07) is 0. The van der Waals surface area contributed by atoms with Gasteiger partial charge in [0.25, 0.3) is 0 Å². The second kappa shape index (κ2) is 4.57. The lowest BCUT2D eigenvalue weighted by Gasteiger charge is -1.94.